The molecular weight excluding hydrogens is 289 g/mol. The lowest BCUT2D eigenvalue weighted by Gasteiger charge is -2.07. The predicted molar refractivity (Wildman–Crippen MR) is 81.2 cm³/mol. The van der Waals surface area contributed by atoms with Gasteiger partial charge < -0.3 is 4.74 Å². The van der Waals surface area contributed by atoms with Crippen LogP contribution in [0.15, 0.2) is 66.9 Å². The van der Waals surface area contributed by atoms with E-state index in [1.54, 1.807) is 30.5 Å². The maximum Gasteiger partial charge on any atom is 0.127 e. The third-order valence-electron chi connectivity index (χ3n) is 2.92. The van der Waals surface area contributed by atoms with Crippen LogP contribution in [0.5, 0.6) is 11.5 Å². The zero-order valence-corrected chi connectivity index (χ0v) is 11.7. The minimum absolute atomic E-state index is 0.287. The highest BCUT2D eigenvalue weighted by molar-refractivity contribution is 6.30. The molecule has 0 saturated heterocycles. The molecule has 2 nitrogen and oxygen atoms in total. The number of aromatic nitrogens is 1. The largest absolute Gasteiger partial charge is 0.457 e. The second-order valence-electron chi connectivity index (χ2n) is 4.44. The van der Waals surface area contributed by atoms with Crippen LogP contribution in [0, 0.1) is 5.82 Å². The first-order valence-electron chi connectivity index (χ1n) is 6.36. The normalized spacial score (nSPS) is 10.4. The van der Waals surface area contributed by atoms with Crippen molar-refractivity contribution in [1.82, 2.24) is 4.98 Å². The van der Waals surface area contributed by atoms with Gasteiger partial charge >= 0.3 is 0 Å². The van der Waals surface area contributed by atoms with Gasteiger partial charge in [-0.05, 0) is 60.7 Å². The van der Waals surface area contributed by atoms with Crippen molar-refractivity contribution < 1.29 is 9.13 Å². The average Bonchev–Trinajstić information content (AvgIpc) is 2.50. The topological polar surface area (TPSA) is 22.1 Å². The summed E-state index contributed by atoms with van der Waals surface area (Å²) in [6, 6.07) is 16.9. The fraction of sp³-hybridized carbons (Fsp3) is 0. The molecule has 21 heavy (non-hydrogen) atoms. The molecule has 1 heterocycles. The van der Waals surface area contributed by atoms with Gasteiger partial charge in [-0.2, -0.15) is 0 Å². The van der Waals surface area contributed by atoms with E-state index in [0.29, 0.717) is 16.5 Å². The molecular formula is C17H11ClFNO. The molecule has 0 aliphatic rings. The molecule has 0 aliphatic carbocycles. The van der Waals surface area contributed by atoms with E-state index in [0.717, 1.165) is 11.3 Å². The zero-order chi connectivity index (χ0) is 14.7. The van der Waals surface area contributed by atoms with E-state index in [2.05, 4.69) is 4.98 Å². The van der Waals surface area contributed by atoms with Crippen molar-refractivity contribution in [2.75, 3.05) is 0 Å². The number of halogens is 2. The Morgan fingerprint density at radius 1 is 0.857 bits per heavy atom. The first-order chi connectivity index (χ1) is 10.2. The molecule has 0 amide bonds. The number of nitrogens with zero attached hydrogens (tertiary/aromatic N) is 1. The molecule has 0 fully saturated rings. The van der Waals surface area contributed by atoms with Gasteiger partial charge in [0.25, 0.3) is 0 Å². The summed E-state index contributed by atoms with van der Waals surface area (Å²) >= 11 is 5.95. The Balaban J connectivity index is 1.79. The number of hydrogen-bond donors (Lipinski definition) is 0. The summed E-state index contributed by atoms with van der Waals surface area (Å²) in [6.07, 6.45) is 1.67. The van der Waals surface area contributed by atoms with Crippen molar-refractivity contribution >= 4 is 11.6 Å². The molecule has 3 aromatic rings. The van der Waals surface area contributed by atoms with Crippen LogP contribution in [-0.2, 0) is 0 Å². The highest BCUT2D eigenvalue weighted by atomic mass is 35.5. The number of ether oxygens (including phenoxy) is 1. The van der Waals surface area contributed by atoms with E-state index in [9.17, 15) is 4.39 Å². The first-order valence-corrected chi connectivity index (χ1v) is 6.74. The molecule has 3 rings (SSSR count). The van der Waals surface area contributed by atoms with Gasteiger partial charge in [0.1, 0.15) is 17.3 Å². The Morgan fingerprint density at radius 3 is 2.10 bits per heavy atom. The van der Waals surface area contributed by atoms with Crippen LogP contribution in [0.25, 0.3) is 11.3 Å². The third-order valence-corrected chi connectivity index (χ3v) is 3.16. The maximum absolute atomic E-state index is 12.8. The molecule has 0 saturated carbocycles. The van der Waals surface area contributed by atoms with E-state index in [1.165, 1.54) is 12.1 Å². The molecule has 2 aromatic carbocycles. The molecule has 0 radical (unpaired) electrons. The summed E-state index contributed by atoms with van der Waals surface area (Å²) in [4.78, 5) is 4.27. The average molecular weight is 300 g/mol. The van der Waals surface area contributed by atoms with Crippen molar-refractivity contribution in [3.63, 3.8) is 0 Å². The summed E-state index contributed by atoms with van der Waals surface area (Å²) in [5.74, 6) is 0.974. The van der Waals surface area contributed by atoms with Crippen LogP contribution >= 0.6 is 11.6 Å². The summed E-state index contributed by atoms with van der Waals surface area (Å²) in [6.45, 7) is 0. The lowest BCUT2D eigenvalue weighted by atomic mass is 10.1. The van der Waals surface area contributed by atoms with Crippen molar-refractivity contribution in [3.8, 4) is 22.8 Å². The number of rotatable bonds is 3. The van der Waals surface area contributed by atoms with Gasteiger partial charge in [-0.15, -0.1) is 0 Å². The molecule has 0 bridgehead atoms. The highest BCUT2D eigenvalue weighted by Crippen LogP contribution is 2.26. The van der Waals surface area contributed by atoms with Crippen molar-refractivity contribution in [3.05, 3.63) is 77.7 Å². The van der Waals surface area contributed by atoms with Gasteiger partial charge in [-0.3, -0.25) is 4.98 Å². The third kappa shape index (κ3) is 3.38. The Labute approximate surface area is 126 Å². The highest BCUT2D eigenvalue weighted by Gasteiger charge is 2.02. The predicted octanol–water partition coefficient (Wildman–Crippen LogP) is 5.33. The van der Waals surface area contributed by atoms with Crippen LogP contribution in [0.4, 0.5) is 4.39 Å². The number of hydrogen-bond acceptors (Lipinski definition) is 2. The molecule has 104 valence electrons. The number of pyridine rings is 1. The van der Waals surface area contributed by atoms with Gasteiger partial charge in [0.15, 0.2) is 0 Å². The van der Waals surface area contributed by atoms with Crippen molar-refractivity contribution in [2.24, 2.45) is 0 Å². The van der Waals surface area contributed by atoms with Crippen LogP contribution in [0.1, 0.15) is 0 Å². The lowest BCUT2D eigenvalue weighted by Crippen LogP contribution is -1.86. The Morgan fingerprint density at radius 2 is 1.48 bits per heavy atom. The van der Waals surface area contributed by atoms with Crippen LogP contribution in [0.3, 0.4) is 0 Å². The van der Waals surface area contributed by atoms with Crippen LogP contribution in [-0.4, -0.2) is 4.98 Å². The Hall–Kier alpha value is -2.39. The number of benzene rings is 2. The van der Waals surface area contributed by atoms with Crippen molar-refractivity contribution in [2.45, 2.75) is 0 Å². The molecule has 4 heteroatoms. The standard InChI is InChI=1S/C17H11ClFNO/c18-13-9-10-20-17(11-13)12-1-5-15(6-2-12)21-16-7-3-14(19)4-8-16/h1-11H. The van der Waals surface area contributed by atoms with Crippen molar-refractivity contribution in [1.29, 1.82) is 0 Å². The molecule has 0 aliphatic heterocycles. The minimum atomic E-state index is -0.287. The molecule has 0 N–H and O–H groups in total. The van der Waals surface area contributed by atoms with Gasteiger partial charge in [0.2, 0.25) is 0 Å². The van der Waals surface area contributed by atoms with Crippen LogP contribution < -0.4 is 4.74 Å². The van der Waals surface area contributed by atoms with E-state index in [1.807, 2.05) is 24.3 Å². The fourth-order valence-corrected chi connectivity index (χ4v) is 2.05. The molecule has 1 aromatic heterocycles. The van der Waals surface area contributed by atoms with E-state index >= 15 is 0 Å². The quantitative estimate of drug-likeness (QED) is 0.652. The van der Waals surface area contributed by atoms with Gasteiger partial charge in [-0.25, -0.2) is 4.39 Å². The summed E-state index contributed by atoms with van der Waals surface area (Å²) in [5, 5.41) is 0.645. The maximum atomic E-state index is 12.8. The lowest BCUT2D eigenvalue weighted by molar-refractivity contribution is 0.480. The van der Waals surface area contributed by atoms with Crippen LogP contribution in [0.2, 0.25) is 5.02 Å². The minimum Gasteiger partial charge on any atom is -0.457 e. The zero-order valence-electron chi connectivity index (χ0n) is 11.0. The van der Waals surface area contributed by atoms with Gasteiger partial charge in [0.05, 0.1) is 5.69 Å². The second kappa shape index (κ2) is 5.94. The molecule has 0 unspecified atom stereocenters. The van der Waals surface area contributed by atoms with Gasteiger partial charge in [-0.1, -0.05) is 11.6 Å². The SMILES string of the molecule is Fc1ccc(Oc2ccc(-c3cc(Cl)ccn3)cc2)cc1. The second-order valence-corrected chi connectivity index (χ2v) is 4.88. The van der Waals surface area contributed by atoms with E-state index in [-0.39, 0.29) is 5.82 Å². The summed E-state index contributed by atoms with van der Waals surface area (Å²) < 4.78 is 18.5. The van der Waals surface area contributed by atoms with E-state index < -0.39 is 0 Å². The Bertz CT molecular complexity index is 741. The Kier molecular flexibility index (Phi) is 3.84. The molecule has 0 spiro atoms. The summed E-state index contributed by atoms with van der Waals surface area (Å²) in [5.41, 5.74) is 1.75. The van der Waals surface area contributed by atoms with E-state index in [4.69, 9.17) is 16.3 Å². The molecule has 0 atom stereocenters. The van der Waals surface area contributed by atoms with Gasteiger partial charge in [0, 0.05) is 16.8 Å². The smallest absolute Gasteiger partial charge is 0.127 e. The fourth-order valence-electron chi connectivity index (χ4n) is 1.90. The first kappa shape index (κ1) is 13.6. The summed E-state index contributed by atoms with van der Waals surface area (Å²) in [7, 11) is 0. The monoisotopic (exact) mass is 299 g/mol.